The third-order valence-corrected chi connectivity index (χ3v) is 3.88. The molecule has 0 amide bonds. The lowest BCUT2D eigenvalue weighted by Gasteiger charge is -2.31. The Labute approximate surface area is 115 Å². The van der Waals surface area contributed by atoms with Crippen LogP contribution in [0.5, 0.6) is 0 Å². The molecule has 1 heterocycles. The first kappa shape index (κ1) is 15.5. The molecule has 0 aliphatic heterocycles. The Kier molecular flexibility index (Phi) is 5.20. The van der Waals surface area contributed by atoms with Gasteiger partial charge in [0, 0.05) is 6.54 Å². The zero-order chi connectivity index (χ0) is 13.9. The lowest BCUT2D eigenvalue weighted by Crippen LogP contribution is -2.34. The van der Waals surface area contributed by atoms with Crippen molar-refractivity contribution in [2.24, 2.45) is 5.92 Å². The summed E-state index contributed by atoms with van der Waals surface area (Å²) in [6.45, 7) is 7.49. The van der Waals surface area contributed by atoms with Gasteiger partial charge in [0.05, 0.1) is 23.5 Å². The van der Waals surface area contributed by atoms with Crippen LogP contribution in [-0.4, -0.2) is 40.4 Å². The van der Waals surface area contributed by atoms with Gasteiger partial charge in [0.1, 0.15) is 5.60 Å². The van der Waals surface area contributed by atoms with Crippen LogP contribution >= 0.6 is 11.6 Å². The van der Waals surface area contributed by atoms with E-state index >= 15 is 0 Å². The van der Waals surface area contributed by atoms with E-state index in [4.69, 9.17) is 11.6 Å². The topological polar surface area (TPSA) is 41.3 Å². The zero-order valence-corrected chi connectivity index (χ0v) is 12.7. The Balaban J connectivity index is 3.03. The molecule has 0 aliphatic rings. The summed E-state index contributed by atoms with van der Waals surface area (Å²) >= 11 is 6.19. The molecule has 1 aromatic heterocycles. The second-order valence-electron chi connectivity index (χ2n) is 5.32. The van der Waals surface area contributed by atoms with Gasteiger partial charge in [0.25, 0.3) is 0 Å². The summed E-state index contributed by atoms with van der Waals surface area (Å²) in [6, 6.07) is 0. The van der Waals surface area contributed by atoms with E-state index in [0.717, 1.165) is 25.2 Å². The molecule has 2 atom stereocenters. The largest absolute Gasteiger partial charge is 0.384 e. The number of rotatable bonds is 6. The maximum atomic E-state index is 10.7. The van der Waals surface area contributed by atoms with Crippen LogP contribution in [-0.2, 0) is 12.1 Å². The van der Waals surface area contributed by atoms with Crippen LogP contribution in [0.25, 0.3) is 0 Å². The van der Waals surface area contributed by atoms with Crippen LogP contribution in [0.1, 0.15) is 32.9 Å². The first-order valence-corrected chi connectivity index (χ1v) is 6.77. The fraction of sp³-hybridized carbons (Fsp3) is 0.769. The molecule has 0 saturated heterocycles. The Morgan fingerprint density at radius 2 is 2.17 bits per heavy atom. The van der Waals surface area contributed by atoms with Gasteiger partial charge in [-0.3, -0.25) is 4.68 Å². The van der Waals surface area contributed by atoms with Crippen molar-refractivity contribution in [3.8, 4) is 0 Å². The highest BCUT2D eigenvalue weighted by atomic mass is 35.5. The molecule has 0 radical (unpaired) electrons. The summed E-state index contributed by atoms with van der Waals surface area (Å²) in [7, 11) is 4.02. The van der Waals surface area contributed by atoms with Gasteiger partial charge < -0.3 is 10.0 Å². The van der Waals surface area contributed by atoms with Gasteiger partial charge >= 0.3 is 0 Å². The van der Waals surface area contributed by atoms with E-state index < -0.39 is 5.60 Å². The summed E-state index contributed by atoms with van der Waals surface area (Å²) in [5, 5.41) is 15.5. The maximum absolute atomic E-state index is 10.7. The Bertz CT molecular complexity index is 388. The number of aromatic nitrogens is 2. The Morgan fingerprint density at radius 1 is 1.56 bits per heavy atom. The van der Waals surface area contributed by atoms with Crippen molar-refractivity contribution < 1.29 is 5.11 Å². The lowest BCUT2D eigenvalue weighted by atomic mass is 9.85. The van der Waals surface area contributed by atoms with Gasteiger partial charge in [0.15, 0.2) is 0 Å². The minimum absolute atomic E-state index is 0.129. The van der Waals surface area contributed by atoms with Crippen molar-refractivity contribution in [2.45, 2.75) is 39.3 Å². The Hall–Kier alpha value is -0.580. The molecule has 1 N–H and O–H groups in total. The molecule has 5 heteroatoms. The minimum atomic E-state index is -0.950. The number of nitrogens with zero attached hydrogens (tertiary/aromatic N) is 3. The highest BCUT2D eigenvalue weighted by Gasteiger charge is 2.34. The van der Waals surface area contributed by atoms with Crippen LogP contribution in [0.3, 0.4) is 0 Å². The van der Waals surface area contributed by atoms with E-state index in [0.29, 0.717) is 5.02 Å². The molecule has 0 bridgehead atoms. The van der Waals surface area contributed by atoms with Crippen molar-refractivity contribution in [2.75, 3.05) is 20.6 Å². The average Bonchev–Trinajstić information content (AvgIpc) is 2.67. The van der Waals surface area contributed by atoms with Crippen LogP contribution in [0.15, 0.2) is 6.20 Å². The van der Waals surface area contributed by atoms with Crippen LogP contribution in [0.4, 0.5) is 0 Å². The molecule has 0 aromatic carbocycles. The van der Waals surface area contributed by atoms with Gasteiger partial charge in [-0.1, -0.05) is 31.9 Å². The molecule has 0 aliphatic carbocycles. The van der Waals surface area contributed by atoms with Gasteiger partial charge in [-0.25, -0.2) is 0 Å². The highest BCUT2D eigenvalue weighted by molar-refractivity contribution is 6.31. The highest BCUT2D eigenvalue weighted by Crippen LogP contribution is 2.35. The lowest BCUT2D eigenvalue weighted by molar-refractivity contribution is -0.00839. The normalized spacial score (nSPS) is 16.9. The van der Waals surface area contributed by atoms with E-state index in [-0.39, 0.29) is 5.92 Å². The van der Waals surface area contributed by atoms with Gasteiger partial charge in [-0.05, 0) is 26.9 Å². The summed E-state index contributed by atoms with van der Waals surface area (Å²) < 4.78 is 1.81. The predicted molar refractivity (Wildman–Crippen MR) is 74.8 cm³/mol. The van der Waals surface area contributed by atoms with E-state index in [9.17, 15) is 5.11 Å². The second kappa shape index (κ2) is 6.04. The molecular formula is C13H24ClN3O. The van der Waals surface area contributed by atoms with Crippen molar-refractivity contribution in [3.63, 3.8) is 0 Å². The molecule has 1 aromatic rings. The van der Waals surface area contributed by atoms with Gasteiger partial charge in [-0.2, -0.15) is 5.10 Å². The quantitative estimate of drug-likeness (QED) is 0.865. The van der Waals surface area contributed by atoms with Crippen LogP contribution in [0.2, 0.25) is 5.02 Å². The van der Waals surface area contributed by atoms with E-state index in [2.05, 4.69) is 16.9 Å². The standard InChI is InChI=1S/C13H24ClN3O/c1-6-10(2)13(3,18)12-11(14)9-15-17(12)8-7-16(4)5/h9-10,18H,6-8H2,1-5H3. The number of aliphatic hydroxyl groups is 1. The average molecular weight is 274 g/mol. The van der Waals surface area contributed by atoms with Crippen molar-refractivity contribution >= 4 is 11.6 Å². The number of hydrogen-bond acceptors (Lipinski definition) is 3. The van der Waals surface area contributed by atoms with Gasteiger partial charge in [-0.15, -0.1) is 0 Å². The summed E-state index contributed by atoms with van der Waals surface area (Å²) in [6.07, 6.45) is 2.51. The summed E-state index contributed by atoms with van der Waals surface area (Å²) in [4.78, 5) is 2.08. The summed E-state index contributed by atoms with van der Waals surface area (Å²) in [5.74, 6) is 0.129. The number of likely N-dealkylation sites (N-methyl/N-ethyl adjacent to an activating group) is 1. The van der Waals surface area contributed by atoms with E-state index in [1.54, 1.807) is 6.20 Å². The first-order chi connectivity index (χ1) is 8.30. The van der Waals surface area contributed by atoms with E-state index in [1.165, 1.54) is 0 Å². The van der Waals surface area contributed by atoms with Crippen molar-refractivity contribution in [1.29, 1.82) is 0 Å². The fourth-order valence-corrected chi connectivity index (χ4v) is 2.29. The smallest absolute Gasteiger partial charge is 0.107 e. The molecule has 0 spiro atoms. The molecule has 18 heavy (non-hydrogen) atoms. The molecule has 104 valence electrons. The molecule has 1 rings (SSSR count). The van der Waals surface area contributed by atoms with Crippen molar-refractivity contribution in [3.05, 3.63) is 16.9 Å². The monoisotopic (exact) mass is 273 g/mol. The molecule has 2 unspecified atom stereocenters. The molecular weight excluding hydrogens is 250 g/mol. The third-order valence-electron chi connectivity index (χ3n) is 3.61. The number of hydrogen-bond donors (Lipinski definition) is 1. The molecule has 0 fully saturated rings. The van der Waals surface area contributed by atoms with E-state index in [1.807, 2.05) is 32.6 Å². The maximum Gasteiger partial charge on any atom is 0.107 e. The van der Waals surface area contributed by atoms with Crippen molar-refractivity contribution in [1.82, 2.24) is 14.7 Å². The second-order valence-corrected chi connectivity index (χ2v) is 5.73. The SMILES string of the molecule is CCC(C)C(C)(O)c1c(Cl)cnn1CCN(C)C. The van der Waals surface area contributed by atoms with Crippen LogP contribution < -0.4 is 0 Å². The first-order valence-electron chi connectivity index (χ1n) is 6.39. The molecule has 0 saturated carbocycles. The van der Waals surface area contributed by atoms with Gasteiger partial charge in [0.2, 0.25) is 0 Å². The third kappa shape index (κ3) is 3.25. The zero-order valence-electron chi connectivity index (χ0n) is 11.9. The predicted octanol–water partition coefficient (Wildman–Crippen LogP) is 2.35. The minimum Gasteiger partial charge on any atom is -0.384 e. The number of halogens is 1. The summed E-state index contributed by atoms with van der Waals surface area (Å²) in [5.41, 5.74) is -0.227. The van der Waals surface area contributed by atoms with Crippen LogP contribution in [0, 0.1) is 5.92 Å². The fourth-order valence-electron chi connectivity index (χ4n) is 1.96. The molecule has 4 nitrogen and oxygen atoms in total. The Morgan fingerprint density at radius 3 is 2.67 bits per heavy atom.